The number of halogens is 1. The minimum absolute atomic E-state index is 0. The minimum Gasteiger partial charge on any atom is -0.493 e. The Morgan fingerprint density at radius 2 is 1.70 bits per heavy atom. The first-order valence-electron chi connectivity index (χ1n) is 11.9. The number of aliphatic imine (C=N–C) groups is 1. The molecule has 33 heavy (non-hydrogen) atoms. The third-order valence-corrected chi connectivity index (χ3v) is 5.97. The van der Waals surface area contributed by atoms with Crippen molar-refractivity contribution in [3.8, 4) is 11.5 Å². The molecule has 0 radical (unpaired) electrons. The number of amides is 1. The van der Waals surface area contributed by atoms with Gasteiger partial charge in [-0.25, -0.2) is 4.99 Å². The van der Waals surface area contributed by atoms with Crippen LogP contribution in [0.25, 0.3) is 0 Å². The van der Waals surface area contributed by atoms with Gasteiger partial charge in [-0.2, -0.15) is 0 Å². The lowest BCUT2D eigenvalue weighted by atomic mass is 10.1. The molecule has 1 unspecified atom stereocenters. The Bertz CT molecular complexity index is 749. The molecule has 1 aromatic rings. The summed E-state index contributed by atoms with van der Waals surface area (Å²) in [5.74, 6) is 2.64. The van der Waals surface area contributed by atoms with Gasteiger partial charge >= 0.3 is 0 Å². The van der Waals surface area contributed by atoms with Crippen molar-refractivity contribution in [1.29, 1.82) is 0 Å². The van der Waals surface area contributed by atoms with E-state index >= 15 is 0 Å². The van der Waals surface area contributed by atoms with Crippen molar-refractivity contribution >= 4 is 35.8 Å². The Morgan fingerprint density at radius 1 is 1.03 bits per heavy atom. The van der Waals surface area contributed by atoms with Gasteiger partial charge in [0.05, 0.1) is 20.2 Å². The molecule has 2 saturated heterocycles. The SMILES string of the molecule is CCNC(=NCC(C)Oc1ccccc1OC)N1CCN(CC(=O)N2CCCCC2)CC1.I. The maximum atomic E-state index is 12.6. The number of likely N-dealkylation sites (tertiary alicyclic amines) is 1. The lowest BCUT2D eigenvalue weighted by Gasteiger charge is -2.37. The van der Waals surface area contributed by atoms with Crippen molar-refractivity contribution < 1.29 is 14.3 Å². The number of methoxy groups -OCH3 is 1. The first-order chi connectivity index (χ1) is 15.6. The molecular weight excluding hydrogens is 533 g/mol. The topological polar surface area (TPSA) is 69.6 Å². The number of rotatable bonds is 8. The van der Waals surface area contributed by atoms with E-state index in [0.29, 0.717) is 13.1 Å². The Kier molecular flexibility index (Phi) is 12.1. The highest BCUT2D eigenvalue weighted by molar-refractivity contribution is 14.0. The summed E-state index contributed by atoms with van der Waals surface area (Å²) in [6.45, 7) is 11.3. The smallest absolute Gasteiger partial charge is 0.236 e. The summed E-state index contributed by atoms with van der Waals surface area (Å²) in [5.41, 5.74) is 0. The predicted molar refractivity (Wildman–Crippen MR) is 143 cm³/mol. The summed E-state index contributed by atoms with van der Waals surface area (Å²) in [7, 11) is 1.65. The molecule has 1 N–H and O–H groups in total. The van der Waals surface area contributed by atoms with E-state index in [1.807, 2.05) is 36.1 Å². The highest BCUT2D eigenvalue weighted by atomic mass is 127. The largest absolute Gasteiger partial charge is 0.493 e. The molecule has 2 heterocycles. The van der Waals surface area contributed by atoms with Gasteiger partial charge in [-0.05, 0) is 45.2 Å². The van der Waals surface area contributed by atoms with Crippen molar-refractivity contribution in [3.05, 3.63) is 24.3 Å². The second kappa shape index (κ2) is 14.5. The predicted octanol–water partition coefficient (Wildman–Crippen LogP) is 2.68. The van der Waals surface area contributed by atoms with Gasteiger partial charge < -0.3 is 24.6 Å². The molecule has 0 saturated carbocycles. The van der Waals surface area contributed by atoms with Gasteiger partial charge in [-0.15, -0.1) is 24.0 Å². The van der Waals surface area contributed by atoms with E-state index in [9.17, 15) is 4.79 Å². The summed E-state index contributed by atoms with van der Waals surface area (Å²) in [6.07, 6.45) is 3.45. The zero-order valence-electron chi connectivity index (χ0n) is 20.3. The molecule has 9 heteroatoms. The van der Waals surface area contributed by atoms with Crippen molar-refractivity contribution in [2.45, 2.75) is 39.2 Å². The molecule has 1 aromatic carbocycles. The number of ether oxygens (including phenoxy) is 2. The summed E-state index contributed by atoms with van der Waals surface area (Å²) in [6, 6.07) is 7.67. The highest BCUT2D eigenvalue weighted by Crippen LogP contribution is 2.26. The van der Waals surface area contributed by atoms with E-state index in [1.54, 1.807) is 7.11 Å². The van der Waals surface area contributed by atoms with E-state index in [4.69, 9.17) is 14.5 Å². The number of benzene rings is 1. The molecule has 1 amide bonds. The Balaban J connectivity index is 0.00000385. The normalized spacial score (nSPS) is 18.3. The zero-order valence-corrected chi connectivity index (χ0v) is 22.6. The van der Waals surface area contributed by atoms with Gasteiger partial charge in [0.1, 0.15) is 6.10 Å². The summed E-state index contributed by atoms with van der Waals surface area (Å²) in [5, 5.41) is 3.40. The summed E-state index contributed by atoms with van der Waals surface area (Å²) < 4.78 is 11.4. The van der Waals surface area contributed by atoms with Crippen molar-refractivity contribution in [1.82, 2.24) is 20.0 Å². The lowest BCUT2D eigenvalue weighted by molar-refractivity contribution is -0.133. The lowest BCUT2D eigenvalue weighted by Crippen LogP contribution is -2.54. The van der Waals surface area contributed by atoms with Gasteiger partial charge in [0.15, 0.2) is 17.5 Å². The molecule has 8 nitrogen and oxygen atoms in total. The summed E-state index contributed by atoms with van der Waals surface area (Å²) in [4.78, 5) is 24.0. The molecule has 2 aliphatic rings. The molecule has 1 atom stereocenters. The van der Waals surface area contributed by atoms with Crippen LogP contribution in [-0.2, 0) is 4.79 Å². The monoisotopic (exact) mass is 573 g/mol. The quantitative estimate of drug-likeness (QED) is 0.293. The molecule has 3 rings (SSSR count). The van der Waals surface area contributed by atoms with Crippen molar-refractivity contribution in [3.63, 3.8) is 0 Å². The average Bonchev–Trinajstić information content (AvgIpc) is 2.83. The fourth-order valence-electron chi connectivity index (χ4n) is 4.16. The van der Waals surface area contributed by atoms with E-state index in [2.05, 4.69) is 22.0 Å². The van der Waals surface area contributed by atoms with Crippen LogP contribution in [0.1, 0.15) is 33.1 Å². The Morgan fingerprint density at radius 3 is 2.33 bits per heavy atom. The molecular formula is C24H40IN5O3. The van der Waals surface area contributed by atoms with Crippen LogP contribution in [0.15, 0.2) is 29.3 Å². The van der Waals surface area contributed by atoms with E-state index < -0.39 is 0 Å². The minimum atomic E-state index is -0.0802. The second-order valence-corrected chi connectivity index (χ2v) is 8.48. The van der Waals surface area contributed by atoms with Gasteiger partial charge in [0.25, 0.3) is 0 Å². The first-order valence-corrected chi connectivity index (χ1v) is 11.9. The number of piperazine rings is 1. The second-order valence-electron chi connectivity index (χ2n) is 8.48. The third-order valence-electron chi connectivity index (χ3n) is 5.97. The van der Waals surface area contributed by atoms with Gasteiger partial charge in [0.2, 0.25) is 5.91 Å². The number of hydrogen-bond donors (Lipinski definition) is 1. The van der Waals surface area contributed by atoms with Gasteiger partial charge in [-0.3, -0.25) is 9.69 Å². The number of carbonyl (C=O) groups excluding carboxylic acids is 1. The summed E-state index contributed by atoms with van der Waals surface area (Å²) >= 11 is 0. The third kappa shape index (κ3) is 8.51. The van der Waals surface area contributed by atoms with Crippen LogP contribution in [0, 0.1) is 0 Å². The molecule has 2 aliphatic heterocycles. The molecule has 0 aliphatic carbocycles. The number of para-hydroxylation sites is 2. The highest BCUT2D eigenvalue weighted by Gasteiger charge is 2.24. The van der Waals surface area contributed by atoms with Crippen LogP contribution in [0.4, 0.5) is 0 Å². The van der Waals surface area contributed by atoms with Crippen molar-refractivity contribution in [2.24, 2.45) is 4.99 Å². The number of hydrogen-bond acceptors (Lipinski definition) is 5. The van der Waals surface area contributed by atoms with Crippen LogP contribution in [0.3, 0.4) is 0 Å². The molecule has 0 spiro atoms. The van der Waals surface area contributed by atoms with E-state index in [0.717, 1.165) is 76.1 Å². The number of carbonyl (C=O) groups is 1. The molecule has 0 bridgehead atoms. The standard InChI is InChI=1S/C24H39N5O3.HI/c1-4-25-24(26-18-20(2)32-22-11-7-6-10-21(22)31-3)29-16-14-27(15-17-29)19-23(30)28-12-8-5-9-13-28;/h6-7,10-11,20H,4-5,8-9,12-19H2,1-3H3,(H,25,26);1H. The van der Waals surface area contributed by atoms with Gasteiger partial charge in [-0.1, -0.05) is 12.1 Å². The van der Waals surface area contributed by atoms with Crippen LogP contribution in [0.2, 0.25) is 0 Å². The Hall–Kier alpha value is -1.75. The number of nitrogens with zero attached hydrogens (tertiary/aromatic N) is 4. The fourth-order valence-corrected chi connectivity index (χ4v) is 4.16. The van der Waals surface area contributed by atoms with Crippen LogP contribution in [0.5, 0.6) is 11.5 Å². The zero-order chi connectivity index (χ0) is 22.8. The number of piperidine rings is 1. The number of nitrogens with one attached hydrogen (secondary N) is 1. The van der Waals surface area contributed by atoms with E-state index in [1.165, 1.54) is 6.42 Å². The number of guanidine groups is 1. The van der Waals surface area contributed by atoms with Crippen LogP contribution in [-0.4, -0.2) is 98.7 Å². The van der Waals surface area contributed by atoms with Gasteiger partial charge in [0, 0.05) is 45.8 Å². The van der Waals surface area contributed by atoms with Crippen molar-refractivity contribution in [2.75, 3.05) is 66.0 Å². The van der Waals surface area contributed by atoms with E-state index in [-0.39, 0.29) is 36.0 Å². The Labute approximate surface area is 215 Å². The first kappa shape index (κ1) is 27.5. The van der Waals surface area contributed by atoms with Crippen LogP contribution >= 0.6 is 24.0 Å². The molecule has 186 valence electrons. The maximum absolute atomic E-state index is 12.6. The maximum Gasteiger partial charge on any atom is 0.236 e. The fraction of sp³-hybridized carbons (Fsp3) is 0.667. The molecule has 2 fully saturated rings. The van der Waals surface area contributed by atoms with Crippen LogP contribution < -0.4 is 14.8 Å². The average molecular weight is 574 g/mol. The molecule has 0 aromatic heterocycles.